The van der Waals surface area contributed by atoms with Crippen LogP contribution in [0.2, 0.25) is 0 Å². The summed E-state index contributed by atoms with van der Waals surface area (Å²) in [4.78, 5) is 39.5. The molecule has 0 heterocycles. The van der Waals surface area contributed by atoms with Crippen molar-refractivity contribution in [2.75, 3.05) is 13.7 Å². The van der Waals surface area contributed by atoms with Gasteiger partial charge in [-0.3, -0.25) is 19.7 Å². The number of rotatable bonds is 13. The number of methoxy groups -OCH3 is 1. The van der Waals surface area contributed by atoms with E-state index in [2.05, 4.69) is 5.32 Å². The second kappa shape index (κ2) is 13.9. The highest BCUT2D eigenvalue weighted by Crippen LogP contribution is 2.31. The Bertz CT molecular complexity index is 1280. The Kier molecular flexibility index (Phi) is 10.4. The fourth-order valence-electron chi connectivity index (χ4n) is 4.09. The van der Waals surface area contributed by atoms with E-state index in [1.165, 1.54) is 25.3 Å². The van der Waals surface area contributed by atoms with E-state index in [1.807, 2.05) is 75.4 Å². The van der Waals surface area contributed by atoms with Crippen LogP contribution < -0.4 is 14.8 Å². The molecule has 0 saturated carbocycles. The first-order valence-electron chi connectivity index (χ1n) is 12.9. The third kappa shape index (κ3) is 8.04. The first-order chi connectivity index (χ1) is 18.7. The number of benzene rings is 3. The second-order valence-electron chi connectivity index (χ2n) is 9.35. The summed E-state index contributed by atoms with van der Waals surface area (Å²) in [7, 11) is 1.32. The number of carbonyl (C=O) groups is 2. The van der Waals surface area contributed by atoms with Crippen LogP contribution in [0.5, 0.6) is 11.5 Å². The molecule has 0 aromatic heterocycles. The number of nitro benzene ring substituents is 1. The first-order valence-corrected chi connectivity index (χ1v) is 12.9. The van der Waals surface area contributed by atoms with Crippen LogP contribution in [0.15, 0.2) is 72.8 Å². The Balaban J connectivity index is 1.93. The average molecular weight is 534 g/mol. The van der Waals surface area contributed by atoms with E-state index < -0.39 is 16.9 Å². The molecule has 9 heteroatoms. The molecule has 0 bridgehead atoms. The van der Waals surface area contributed by atoms with Crippen molar-refractivity contribution in [1.29, 1.82) is 0 Å². The zero-order valence-corrected chi connectivity index (χ0v) is 22.8. The van der Waals surface area contributed by atoms with E-state index in [4.69, 9.17) is 9.47 Å². The summed E-state index contributed by atoms with van der Waals surface area (Å²) in [6, 6.07) is 20.5. The summed E-state index contributed by atoms with van der Waals surface area (Å²) < 4.78 is 10.9. The Morgan fingerprint density at radius 1 is 1.05 bits per heavy atom. The molecule has 0 saturated heterocycles. The smallest absolute Gasteiger partial charge is 0.311 e. The average Bonchev–Trinajstić information content (AvgIpc) is 2.94. The van der Waals surface area contributed by atoms with Crippen molar-refractivity contribution in [3.05, 3.63) is 99.6 Å². The molecular formula is C30H35N3O6. The van der Waals surface area contributed by atoms with Gasteiger partial charge in [0.05, 0.1) is 12.0 Å². The van der Waals surface area contributed by atoms with Gasteiger partial charge in [-0.15, -0.1) is 0 Å². The van der Waals surface area contributed by atoms with Crippen LogP contribution in [-0.4, -0.2) is 47.4 Å². The van der Waals surface area contributed by atoms with Gasteiger partial charge in [0, 0.05) is 31.1 Å². The van der Waals surface area contributed by atoms with Crippen molar-refractivity contribution in [1.82, 2.24) is 10.2 Å². The van der Waals surface area contributed by atoms with Gasteiger partial charge in [0.1, 0.15) is 11.8 Å². The molecule has 9 nitrogen and oxygen atoms in total. The normalized spacial score (nSPS) is 12.2. The van der Waals surface area contributed by atoms with Crippen LogP contribution in [0.3, 0.4) is 0 Å². The number of hydrogen-bond acceptors (Lipinski definition) is 6. The lowest BCUT2D eigenvalue weighted by atomic mass is 10.0. The zero-order valence-electron chi connectivity index (χ0n) is 22.8. The van der Waals surface area contributed by atoms with Crippen molar-refractivity contribution in [3.8, 4) is 11.5 Å². The van der Waals surface area contributed by atoms with Gasteiger partial charge in [0.15, 0.2) is 6.61 Å². The van der Waals surface area contributed by atoms with Gasteiger partial charge in [-0.1, -0.05) is 61.5 Å². The minimum absolute atomic E-state index is 0.0246. The van der Waals surface area contributed by atoms with Crippen LogP contribution >= 0.6 is 0 Å². The summed E-state index contributed by atoms with van der Waals surface area (Å²) in [6.07, 6.45) is 1.08. The number of carbonyl (C=O) groups excluding carboxylic acids is 2. The monoisotopic (exact) mass is 533 g/mol. The molecule has 1 N–H and O–H groups in total. The molecule has 0 fully saturated rings. The van der Waals surface area contributed by atoms with Crippen molar-refractivity contribution < 1.29 is 24.0 Å². The van der Waals surface area contributed by atoms with Gasteiger partial charge < -0.3 is 19.7 Å². The van der Waals surface area contributed by atoms with Crippen LogP contribution in [0.25, 0.3) is 0 Å². The Morgan fingerprint density at radius 2 is 1.74 bits per heavy atom. The third-order valence-electron chi connectivity index (χ3n) is 6.58. The molecule has 2 amide bonds. The lowest BCUT2D eigenvalue weighted by molar-refractivity contribution is -0.385. The highest BCUT2D eigenvalue weighted by atomic mass is 16.6. The number of hydrogen-bond donors (Lipinski definition) is 1. The maximum Gasteiger partial charge on any atom is 0.311 e. The first kappa shape index (κ1) is 29.2. The van der Waals surface area contributed by atoms with E-state index in [9.17, 15) is 19.7 Å². The molecular weight excluding hydrogens is 498 g/mol. The summed E-state index contributed by atoms with van der Waals surface area (Å²) in [5, 5.41) is 14.3. The molecule has 0 aliphatic rings. The fourth-order valence-corrected chi connectivity index (χ4v) is 4.09. The van der Waals surface area contributed by atoms with E-state index in [0.29, 0.717) is 6.42 Å². The lowest BCUT2D eigenvalue weighted by Crippen LogP contribution is -2.53. The highest BCUT2D eigenvalue weighted by molar-refractivity contribution is 5.88. The van der Waals surface area contributed by atoms with E-state index in [-0.39, 0.29) is 42.3 Å². The second-order valence-corrected chi connectivity index (χ2v) is 9.35. The summed E-state index contributed by atoms with van der Waals surface area (Å²) in [6.45, 7) is 5.72. The van der Waals surface area contributed by atoms with Crippen LogP contribution in [0.4, 0.5) is 5.69 Å². The van der Waals surface area contributed by atoms with Gasteiger partial charge >= 0.3 is 5.69 Å². The van der Waals surface area contributed by atoms with Gasteiger partial charge in [-0.05, 0) is 43.0 Å². The minimum atomic E-state index is -0.788. The SMILES string of the molecule is CC[C@H](C)NC(=O)[C@H](Cc1ccccc1)N(Cc1ccccc1C)C(=O)COc1ccc([N+](=O)[O-])c(OC)c1. The maximum atomic E-state index is 13.7. The number of ether oxygens (including phenoxy) is 2. The molecule has 3 aromatic carbocycles. The lowest BCUT2D eigenvalue weighted by Gasteiger charge is -2.32. The molecule has 39 heavy (non-hydrogen) atoms. The fraction of sp³-hybridized carbons (Fsp3) is 0.333. The van der Waals surface area contributed by atoms with Gasteiger partial charge in [0.2, 0.25) is 11.7 Å². The van der Waals surface area contributed by atoms with Gasteiger partial charge in [-0.2, -0.15) is 0 Å². The Labute approximate surface area is 228 Å². The quantitative estimate of drug-likeness (QED) is 0.249. The number of amides is 2. The van der Waals surface area contributed by atoms with Crippen LogP contribution in [0, 0.1) is 17.0 Å². The molecule has 3 aromatic rings. The van der Waals surface area contributed by atoms with Crippen molar-refractivity contribution in [2.45, 2.75) is 52.2 Å². The number of nitrogens with zero attached hydrogens (tertiary/aromatic N) is 2. The highest BCUT2D eigenvalue weighted by Gasteiger charge is 2.31. The Hall–Kier alpha value is -4.40. The summed E-state index contributed by atoms with van der Waals surface area (Å²) in [5.41, 5.74) is 2.63. The van der Waals surface area contributed by atoms with Gasteiger partial charge in [0.25, 0.3) is 5.91 Å². The summed E-state index contributed by atoms with van der Waals surface area (Å²) in [5.74, 6) is -0.371. The summed E-state index contributed by atoms with van der Waals surface area (Å²) >= 11 is 0. The van der Waals surface area contributed by atoms with Gasteiger partial charge in [-0.25, -0.2) is 0 Å². The minimum Gasteiger partial charge on any atom is -0.490 e. The van der Waals surface area contributed by atoms with Crippen LogP contribution in [-0.2, 0) is 22.6 Å². The standard InChI is InChI=1S/C30H35N3O6/c1-5-22(3)31-30(35)27(17-23-12-7-6-8-13-23)32(19-24-14-10-9-11-21(24)2)29(34)20-39-25-15-16-26(33(36)37)28(18-25)38-4/h6-16,18,22,27H,5,17,19-20H2,1-4H3,(H,31,35)/t22-,27-/m0/s1. The largest absolute Gasteiger partial charge is 0.490 e. The topological polar surface area (TPSA) is 111 Å². The molecule has 0 aliphatic heterocycles. The number of nitrogens with one attached hydrogen (secondary N) is 1. The molecule has 0 aliphatic carbocycles. The molecule has 0 spiro atoms. The third-order valence-corrected chi connectivity index (χ3v) is 6.58. The van der Waals surface area contributed by atoms with Crippen molar-refractivity contribution in [2.24, 2.45) is 0 Å². The number of aryl methyl sites for hydroxylation is 1. The molecule has 0 radical (unpaired) electrons. The zero-order chi connectivity index (χ0) is 28.4. The molecule has 206 valence electrons. The maximum absolute atomic E-state index is 13.7. The Morgan fingerprint density at radius 3 is 2.38 bits per heavy atom. The van der Waals surface area contributed by atoms with Crippen molar-refractivity contribution in [3.63, 3.8) is 0 Å². The molecule has 0 unspecified atom stereocenters. The van der Waals surface area contributed by atoms with E-state index >= 15 is 0 Å². The van der Waals surface area contributed by atoms with E-state index in [0.717, 1.165) is 23.1 Å². The molecule has 3 rings (SSSR count). The van der Waals surface area contributed by atoms with Crippen molar-refractivity contribution >= 4 is 17.5 Å². The number of nitro groups is 1. The predicted molar refractivity (Wildman–Crippen MR) is 149 cm³/mol. The van der Waals surface area contributed by atoms with Crippen LogP contribution in [0.1, 0.15) is 37.0 Å². The molecule has 2 atom stereocenters. The van der Waals surface area contributed by atoms with E-state index in [1.54, 1.807) is 4.90 Å². The predicted octanol–water partition coefficient (Wildman–Crippen LogP) is 4.85.